The summed E-state index contributed by atoms with van der Waals surface area (Å²) in [5.41, 5.74) is 2.14. The monoisotopic (exact) mass is 463 g/mol. The van der Waals surface area contributed by atoms with Gasteiger partial charge in [0.15, 0.2) is 10.9 Å². The maximum atomic E-state index is 13.2. The lowest BCUT2D eigenvalue weighted by Gasteiger charge is -2.31. The highest BCUT2D eigenvalue weighted by molar-refractivity contribution is 7.99. The number of para-hydroxylation sites is 2. The van der Waals surface area contributed by atoms with E-state index in [9.17, 15) is 10.1 Å². The summed E-state index contributed by atoms with van der Waals surface area (Å²) in [6.07, 6.45) is 4.58. The fourth-order valence-electron chi connectivity index (χ4n) is 4.70. The summed E-state index contributed by atoms with van der Waals surface area (Å²) in [6, 6.07) is 10.5. The van der Waals surface area contributed by atoms with E-state index in [-0.39, 0.29) is 17.1 Å². The van der Waals surface area contributed by atoms with E-state index in [4.69, 9.17) is 0 Å². The molecule has 0 spiro atoms. The number of rotatable bonds is 6. The molecule has 2 aromatic rings. The SMILES string of the molecule is CC1CCN(c2nnc(SCC(=O)C(C#N)=C3N(C)c4ccccc4N3C)n2C2CC2)CC1. The number of aromatic nitrogens is 3. The molecular formula is C24H29N7OS. The Kier molecular flexibility index (Phi) is 5.79. The van der Waals surface area contributed by atoms with E-state index in [0.717, 1.165) is 54.3 Å². The zero-order valence-electron chi connectivity index (χ0n) is 19.4. The van der Waals surface area contributed by atoms with Crippen molar-refractivity contribution < 1.29 is 4.79 Å². The van der Waals surface area contributed by atoms with E-state index in [1.807, 2.05) is 48.2 Å². The fourth-order valence-corrected chi connectivity index (χ4v) is 5.58. The van der Waals surface area contributed by atoms with Crippen LogP contribution < -0.4 is 14.7 Å². The molecule has 3 aliphatic rings. The van der Waals surface area contributed by atoms with Gasteiger partial charge in [-0.15, -0.1) is 10.2 Å². The third-order valence-electron chi connectivity index (χ3n) is 6.81. The van der Waals surface area contributed by atoms with Gasteiger partial charge in [-0.2, -0.15) is 5.26 Å². The first kappa shape index (κ1) is 21.8. The Hall–Kier alpha value is -2.99. The summed E-state index contributed by atoms with van der Waals surface area (Å²) in [6.45, 7) is 4.30. The molecule has 1 aliphatic carbocycles. The molecule has 1 aromatic heterocycles. The van der Waals surface area contributed by atoms with Crippen LogP contribution in [0.3, 0.4) is 0 Å². The summed E-state index contributed by atoms with van der Waals surface area (Å²) in [4.78, 5) is 19.4. The van der Waals surface area contributed by atoms with Gasteiger partial charge in [0.2, 0.25) is 5.95 Å². The van der Waals surface area contributed by atoms with Gasteiger partial charge in [0.25, 0.3) is 0 Å². The topological polar surface area (TPSA) is 81.3 Å². The molecule has 1 aromatic carbocycles. The predicted molar refractivity (Wildman–Crippen MR) is 131 cm³/mol. The number of ketones is 1. The molecule has 33 heavy (non-hydrogen) atoms. The average molecular weight is 464 g/mol. The molecule has 172 valence electrons. The number of fused-ring (bicyclic) bond motifs is 1. The average Bonchev–Trinajstić information content (AvgIpc) is 3.53. The lowest BCUT2D eigenvalue weighted by molar-refractivity contribution is -0.112. The molecule has 0 radical (unpaired) electrons. The van der Waals surface area contributed by atoms with E-state index >= 15 is 0 Å². The molecule has 9 heteroatoms. The summed E-state index contributed by atoms with van der Waals surface area (Å²) in [7, 11) is 3.79. The van der Waals surface area contributed by atoms with Gasteiger partial charge >= 0.3 is 0 Å². The van der Waals surface area contributed by atoms with Gasteiger partial charge in [0.05, 0.1) is 17.1 Å². The van der Waals surface area contributed by atoms with Crippen LogP contribution in [0.1, 0.15) is 38.6 Å². The highest BCUT2D eigenvalue weighted by atomic mass is 32.2. The van der Waals surface area contributed by atoms with E-state index in [1.165, 1.54) is 24.6 Å². The van der Waals surface area contributed by atoms with Crippen molar-refractivity contribution in [2.45, 2.75) is 43.8 Å². The van der Waals surface area contributed by atoms with Crippen LogP contribution in [-0.4, -0.2) is 53.5 Å². The van der Waals surface area contributed by atoms with Crippen LogP contribution in [-0.2, 0) is 4.79 Å². The van der Waals surface area contributed by atoms with Gasteiger partial charge in [-0.05, 0) is 43.7 Å². The Morgan fingerprint density at radius 2 is 1.73 bits per heavy atom. The van der Waals surface area contributed by atoms with E-state index in [0.29, 0.717) is 11.9 Å². The van der Waals surface area contributed by atoms with Crippen molar-refractivity contribution in [3.8, 4) is 6.07 Å². The van der Waals surface area contributed by atoms with Crippen LogP contribution in [0.25, 0.3) is 0 Å². The van der Waals surface area contributed by atoms with Gasteiger partial charge in [0, 0.05) is 33.2 Å². The molecule has 0 unspecified atom stereocenters. The van der Waals surface area contributed by atoms with Crippen LogP contribution in [0, 0.1) is 17.2 Å². The quantitative estimate of drug-likeness (QED) is 0.363. The Balaban J connectivity index is 1.35. The van der Waals surface area contributed by atoms with E-state index in [1.54, 1.807) is 0 Å². The van der Waals surface area contributed by atoms with Crippen LogP contribution in [0.15, 0.2) is 40.8 Å². The van der Waals surface area contributed by atoms with Crippen molar-refractivity contribution >= 4 is 34.9 Å². The number of Topliss-reactive ketones (excluding diaryl/α,β-unsaturated/α-hetero) is 1. The zero-order chi connectivity index (χ0) is 23.1. The van der Waals surface area contributed by atoms with Gasteiger partial charge < -0.3 is 14.7 Å². The number of carbonyl (C=O) groups excluding carboxylic acids is 1. The molecular weight excluding hydrogens is 434 g/mol. The van der Waals surface area contributed by atoms with Crippen molar-refractivity contribution in [3.05, 3.63) is 35.7 Å². The van der Waals surface area contributed by atoms with Gasteiger partial charge in [0.1, 0.15) is 17.5 Å². The summed E-state index contributed by atoms with van der Waals surface area (Å²) >= 11 is 1.39. The second kappa shape index (κ2) is 8.75. The molecule has 1 saturated heterocycles. The summed E-state index contributed by atoms with van der Waals surface area (Å²) < 4.78 is 2.22. The van der Waals surface area contributed by atoms with Crippen molar-refractivity contribution in [2.75, 3.05) is 47.6 Å². The number of allylic oxidation sites excluding steroid dienone is 1. The Morgan fingerprint density at radius 1 is 1.09 bits per heavy atom. The maximum Gasteiger partial charge on any atom is 0.228 e. The lowest BCUT2D eigenvalue weighted by atomic mass is 10.00. The van der Waals surface area contributed by atoms with Crippen molar-refractivity contribution in [3.63, 3.8) is 0 Å². The minimum atomic E-state index is -0.192. The van der Waals surface area contributed by atoms with Gasteiger partial charge in [-0.25, -0.2) is 0 Å². The molecule has 2 fully saturated rings. The molecule has 1 saturated carbocycles. The minimum Gasteiger partial charge on any atom is -0.341 e. The largest absolute Gasteiger partial charge is 0.341 e. The summed E-state index contributed by atoms with van der Waals surface area (Å²) in [5, 5.41) is 19.6. The summed E-state index contributed by atoms with van der Waals surface area (Å²) in [5.74, 6) is 2.27. The molecule has 0 atom stereocenters. The van der Waals surface area contributed by atoms with E-state index in [2.05, 4.69) is 32.7 Å². The molecule has 0 N–H and O–H groups in total. The van der Waals surface area contributed by atoms with Crippen LogP contribution in [0.2, 0.25) is 0 Å². The Bertz CT molecular complexity index is 1110. The predicted octanol–water partition coefficient (Wildman–Crippen LogP) is 3.83. The smallest absolute Gasteiger partial charge is 0.228 e. The number of piperidine rings is 1. The normalized spacial score (nSPS) is 18.5. The first-order valence-corrected chi connectivity index (χ1v) is 12.5. The number of carbonyl (C=O) groups is 1. The number of anilines is 3. The number of nitrogens with zero attached hydrogens (tertiary/aromatic N) is 7. The van der Waals surface area contributed by atoms with Gasteiger partial charge in [-0.3, -0.25) is 9.36 Å². The number of thioether (sulfide) groups is 1. The van der Waals surface area contributed by atoms with Crippen LogP contribution >= 0.6 is 11.8 Å². The molecule has 0 amide bonds. The van der Waals surface area contributed by atoms with Crippen molar-refractivity contribution in [1.29, 1.82) is 5.26 Å². The number of benzene rings is 1. The minimum absolute atomic E-state index is 0.159. The first-order valence-electron chi connectivity index (χ1n) is 11.6. The molecule has 3 heterocycles. The van der Waals surface area contributed by atoms with Gasteiger partial charge in [-0.1, -0.05) is 30.8 Å². The molecule has 8 nitrogen and oxygen atoms in total. The van der Waals surface area contributed by atoms with Crippen molar-refractivity contribution in [2.24, 2.45) is 5.92 Å². The lowest BCUT2D eigenvalue weighted by Crippen LogP contribution is -2.34. The second-order valence-electron chi connectivity index (χ2n) is 9.18. The first-order chi connectivity index (χ1) is 16.0. The fraction of sp³-hybridized carbons (Fsp3) is 0.500. The zero-order valence-corrected chi connectivity index (χ0v) is 20.2. The van der Waals surface area contributed by atoms with E-state index < -0.39 is 0 Å². The number of nitriles is 1. The third kappa shape index (κ3) is 3.97. The number of hydrogen-bond acceptors (Lipinski definition) is 8. The third-order valence-corrected chi connectivity index (χ3v) is 7.75. The van der Waals surface area contributed by atoms with Crippen LogP contribution in [0.4, 0.5) is 17.3 Å². The molecule has 5 rings (SSSR count). The van der Waals surface area contributed by atoms with Crippen LogP contribution in [0.5, 0.6) is 0 Å². The molecule has 0 bridgehead atoms. The maximum absolute atomic E-state index is 13.2. The highest BCUT2D eigenvalue weighted by Crippen LogP contribution is 2.42. The Labute approximate surface area is 198 Å². The standard InChI is InChI=1S/C24H29N7OS/c1-16-10-12-30(13-11-16)23-26-27-24(31(23)17-8-9-17)33-15-21(32)18(14-25)22-28(2)19-6-4-5-7-20(19)29(22)3/h4-7,16-17H,8-13,15H2,1-3H3. The molecule has 2 aliphatic heterocycles. The second-order valence-corrected chi connectivity index (χ2v) is 10.1. The number of hydrogen-bond donors (Lipinski definition) is 0. The van der Waals surface area contributed by atoms with Crippen molar-refractivity contribution in [1.82, 2.24) is 14.8 Å². The Morgan fingerprint density at radius 3 is 2.30 bits per heavy atom. The highest BCUT2D eigenvalue weighted by Gasteiger charge is 2.34.